The highest BCUT2D eigenvalue weighted by Crippen LogP contribution is 1.97. The molecule has 0 aromatic rings. The summed E-state index contributed by atoms with van der Waals surface area (Å²) < 4.78 is 25.1. The lowest BCUT2D eigenvalue weighted by atomic mass is 10.2. The van der Waals surface area contributed by atoms with Gasteiger partial charge in [0.1, 0.15) is 0 Å². The van der Waals surface area contributed by atoms with Crippen molar-refractivity contribution >= 4 is 10.1 Å². The Hall–Kier alpha value is -0.860. The highest BCUT2D eigenvalue weighted by atomic mass is 32.2. The van der Waals surface area contributed by atoms with Crippen molar-refractivity contribution in [3.63, 3.8) is 0 Å². The highest BCUT2D eigenvalue weighted by Gasteiger charge is 2.00. The maximum Gasteiger partial charge on any atom is 0.264 e. The van der Waals surface area contributed by atoms with Crippen molar-refractivity contribution in [3.8, 4) is 6.07 Å². The maximum atomic E-state index is 10.4. The fourth-order valence-corrected chi connectivity index (χ4v) is 0.758. The van der Waals surface area contributed by atoms with Gasteiger partial charge in [-0.2, -0.15) is 13.7 Å². The summed E-state index contributed by atoms with van der Waals surface area (Å²) in [6.07, 6.45) is 1.21. The van der Waals surface area contributed by atoms with Crippen molar-refractivity contribution in [2.75, 3.05) is 12.9 Å². The van der Waals surface area contributed by atoms with E-state index in [1.807, 2.05) is 0 Å². The summed E-state index contributed by atoms with van der Waals surface area (Å²) in [6.45, 7) is 3.35. The zero-order chi connectivity index (χ0) is 8.91. The highest BCUT2D eigenvalue weighted by molar-refractivity contribution is 7.85. The van der Waals surface area contributed by atoms with E-state index in [4.69, 9.17) is 5.26 Å². The summed E-state index contributed by atoms with van der Waals surface area (Å²) in [7, 11) is -3.38. The topological polar surface area (TPSA) is 67.2 Å². The van der Waals surface area contributed by atoms with Crippen LogP contribution in [0.3, 0.4) is 0 Å². The predicted molar refractivity (Wildman–Crippen MR) is 40.2 cm³/mol. The standard InChI is InChI=1S/C6H9NO3S/c1-6(5-7)3-4-10-11(2,8)9/h1,3-4H2,2H3. The number of hydrogen-bond donors (Lipinski definition) is 0. The van der Waals surface area contributed by atoms with E-state index in [0.717, 1.165) is 6.26 Å². The zero-order valence-electron chi connectivity index (χ0n) is 6.20. The summed E-state index contributed by atoms with van der Waals surface area (Å²) in [5, 5.41) is 8.21. The summed E-state index contributed by atoms with van der Waals surface area (Å²) in [6, 6.07) is 1.78. The van der Waals surface area contributed by atoms with E-state index in [9.17, 15) is 8.42 Å². The van der Waals surface area contributed by atoms with E-state index < -0.39 is 10.1 Å². The molecule has 5 heteroatoms. The molecule has 0 spiro atoms. The minimum absolute atomic E-state index is 0.00870. The molecule has 0 aliphatic rings. The predicted octanol–water partition coefficient (Wildman–Crippen LogP) is 0.432. The average molecular weight is 175 g/mol. The Labute approximate surface area is 66.2 Å². The molecule has 0 saturated heterocycles. The van der Waals surface area contributed by atoms with Gasteiger partial charge in [0.05, 0.1) is 18.9 Å². The lowest BCUT2D eigenvalue weighted by molar-refractivity contribution is 0.327. The van der Waals surface area contributed by atoms with Crippen LogP contribution in [0.5, 0.6) is 0 Å². The number of hydrogen-bond acceptors (Lipinski definition) is 4. The molecule has 0 bridgehead atoms. The van der Waals surface area contributed by atoms with Crippen molar-refractivity contribution in [2.24, 2.45) is 0 Å². The molecule has 0 N–H and O–H groups in total. The van der Waals surface area contributed by atoms with E-state index in [1.54, 1.807) is 6.07 Å². The van der Waals surface area contributed by atoms with Gasteiger partial charge in [0.15, 0.2) is 0 Å². The SMILES string of the molecule is C=C(C#N)CCOS(C)(=O)=O. The Kier molecular flexibility index (Phi) is 3.79. The Bertz CT molecular complexity index is 273. The number of rotatable bonds is 4. The first-order chi connectivity index (χ1) is 4.95. The summed E-state index contributed by atoms with van der Waals surface area (Å²) in [5.74, 6) is 0. The van der Waals surface area contributed by atoms with Crippen molar-refractivity contribution < 1.29 is 12.6 Å². The Morgan fingerprint density at radius 3 is 2.64 bits per heavy atom. The molecule has 0 aliphatic carbocycles. The fourth-order valence-electron chi connectivity index (χ4n) is 0.372. The van der Waals surface area contributed by atoms with Crippen LogP contribution in [0, 0.1) is 11.3 Å². The molecular formula is C6H9NO3S. The second-order valence-electron chi connectivity index (χ2n) is 1.99. The van der Waals surface area contributed by atoms with Crippen LogP contribution in [0.25, 0.3) is 0 Å². The molecule has 4 nitrogen and oxygen atoms in total. The van der Waals surface area contributed by atoms with Crippen LogP contribution in [0.4, 0.5) is 0 Å². The molecule has 0 unspecified atom stereocenters. The van der Waals surface area contributed by atoms with Crippen LogP contribution in [-0.2, 0) is 14.3 Å². The molecule has 62 valence electrons. The van der Waals surface area contributed by atoms with Gasteiger partial charge in [-0.1, -0.05) is 6.58 Å². The van der Waals surface area contributed by atoms with Gasteiger partial charge in [0.2, 0.25) is 0 Å². The van der Waals surface area contributed by atoms with Crippen LogP contribution >= 0.6 is 0 Å². The lowest BCUT2D eigenvalue weighted by Crippen LogP contribution is -2.04. The number of nitrogens with zero attached hydrogens (tertiary/aromatic N) is 1. The second kappa shape index (κ2) is 4.11. The van der Waals surface area contributed by atoms with Crippen LogP contribution < -0.4 is 0 Å². The zero-order valence-corrected chi connectivity index (χ0v) is 7.02. The third-order valence-corrected chi connectivity index (χ3v) is 1.45. The molecule has 0 saturated carbocycles. The fraction of sp³-hybridized carbons (Fsp3) is 0.500. The first-order valence-electron chi connectivity index (χ1n) is 2.88. The summed E-state index contributed by atoms with van der Waals surface area (Å²) in [5.41, 5.74) is 0.314. The summed E-state index contributed by atoms with van der Waals surface area (Å²) in [4.78, 5) is 0. The normalized spacial score (nSPS) is 10.5. The van der Waals surface area contributed by atoms with Crippen molar-refractivity contribution in [3.05, 3.63) is 12.2 Å². The van der Waals surface area contributed by atoms with Gasteiger partial charge in [-0.15, -0.1) is 0 Å². The van der Waals surface area contributed by atoms with Gasteiger partial charge in [-0.3, -0.25) is 4.18 Å². The Balaban J connectivity index is 3.62. The third kappa shape index (κ3) is 7.03. The van der Waals surface area contributed by atoms with E-state index in [0.29, 0.717) is 5.57 Å². The molecule has 11 heavy (non-hydrogen) atoms. The first-order valence-corrected chi connectivity index (χ1v) is 4.69. The van der Waals surface area contributed by atoms with Crippen molar-refractivity contribution in [1.29, 1.82) is 5.26 Å². The molecule has 0 aliphatic heterocycles. The van der Waals surface area contributed by atoms with Crippen LogP contribution in [-0.4, -0.2) is 21.3 Å². The van der Waals surface area contributed by atoms with Gasteiger partial charge in [-0.05, 0) is 0 Å². The van der Waals surface area contributed by atoms with E-state index in [2.05, 4.69) is 10.8 Å². The smallest absolute Gasteiger partial charge is 0.264 e. The molecule has 0 aromatic carbocycles. The minimum atomic E-state index is -3.38. The van der Waals surface area contributed by atoms with Crippen LogP contribution in [0.15, 0.2) is 12.2 Å². The molecule has 0 amide bonds. The minimum Gasteiger partial charge on any atom is -0.270 e. The molecule has 0 radical (unpaired) electrons. The Morgan fingerprint density at radius 2 is 2.27 bits per heavy atom. The molecule has 0 fully saturated rings. The van der Waals surface area contributed by atoms with E-state index in [1.165, 1.54) is 0 Å². The maximum absolute atomic E-state index is 10.4. The average Bonchev–Trinajstić information content (AvgIpc) is 1.85. The van der Waals surface area contributed by atoms with E-state index >= 15 is 0 Å². The molecule has 0 heterocycles. The monoisotopic (exact) mass is 175 g/mol. The quantitative estimate of drug-likeness (QED) is 0.459. The van der Waals surface area contributed by atoms with Gasteiger partial charge < -0.3 is 0 Å². The van der Waals surface area contributed by atoms with Crippen LogP contribution in [0.1, 0.15) is 6.42 Å². The van der Waals surface area contributed by atoms with Gasteiger partial charge in [0.25, 0.3) is 10.1 Å². The molecule has 0 aromatic heterocycles. The van der Waals surface area contributed by atoms with Crippen molar-refractivity contribution in [2.45, 2.75) is 6.42 Å². The summed E-state index contributed by atoms with van der Waals surface area (Å²) >= 11 is 0. The lowest BCUT2D eigenvalue weighted by Gasteiger charge is -1.97. The van der Waals surface area contributed by atoms with E-state index in [-0.39, 0.29) is 13.0 Å². The molecule has 0 atom stereocenters. The molecule has 0 rings (SSSR count). The van der Waals surface area contributed by atoms with Gasteiger partial charge in [0, 0.05) is 12.0 Å². The van der Waals surface area contributed by atoms with Crippen LogP contribution in [0.2, 0.25) is 0 Å². The molecular weight excluding hydrogens is 166 g/mol. The largest absolute Gasteiger partial charge is 0.270 e. The van der Waals surface area contributed by atoms with Gasteiger partial charge in [-0.25, -0.2) is 0 Å². The first kappa shape index (κ1) is 10.1. The second-order valence-corrected chi connectivity index (χ2v) is 3.64. The Morgan fingerprint density at radius 1 is 1.73 bits per heavy atom. The van der Waals surface area contributed by atoms with Crippen molar-refractivity contribution in [1.82, 2.24) is 0 Å². The number of nitriles is 1. The van der Waals surface area contributed by atoms with Gasteiger partial charge >= 0.3 is 0 Å². The third-order valence-electron chi connectivity index (χ3n) is 0.859.